The summed E-state index contributed by atoms with van der Waals surface area (Å²) in [4.78, 5) is 36.3. The summed E-state index contributed by atoms with van der Waals surface area (Å²) in [6.45, 7) is 4.26. The number of aromatic nitrogens is 1. The fourth-order valence-corrected chi connectivity index (χ4v) is 2.96. The van der Waals surface area contributed by atoms with Gasteiger partial charge in [0.05, 0.1) is 19.8 Å². The van der Waals surface area contributed by atoms with Crippen LogP contribution in [-0.2, 0) is 11.8 Å². The molecule has 9 nitrogen and oxygen atoms in total. The number of hydrogen-bond donors (Lipinski definition) is 3. The van der Waals surface area contributed by atoms with Gasteiger partial charge in [-0.15, -0.1) is 0 Å². The average molecular weight is 467 g/mol. The minimum absolute atomic E-state index is 0.312. The zero-order valence-electron chi connectivity index (χ0n) is 16.4. The van der Waals surface area contributed by atoms with Crippen LogP contribution in [0.15, 0.2) is 34.9 Å². The second kappa shape index (κ2) is 10.5. The highest BCUT2D eigenvalue weighted by atomic mass is 79.9. The van der Waals surface area contributed by atoms with Crippen LogP contribution in [0.1, 0.15) is 34.7 Å². The zero-order chi connectivity index (χ0) is 21.4. The van der Waals surface area contributed by atoms with Gasteiger partial charge in [0.15, 0.2) is 11.5 Å². The summed E-state index contributed by atoms with van der Waals surface area (Å²) in [7, 11) is 1.70. The first kappa shape index (κ1) is 22.3. The Morgan fingerprint density at radius 3 is 2.31 bits per heavy atom. The number of ether oxygens (including phenoxy) is 2. The number of benzene rings is 1. The van der Waals surface area contributed by atoms with E-state index in [1.54, 1.807) is 42.1 Å². The number of hydrogen-bond acceptors (Lipinski definition) is 5. The van der Waals surface area contributed by atoms with Gasteiger partial charge < -0.3 is 19.4 Å². The maximum absolute atomic E-state index is 12.3. The molecule has 2 rings (SSSR count). The summed E-state index contributed by atoms with van der Waals surface area (Å²) in [5, 5.41) is 2.49. The number of nitrogens with zero attached hydrogens (tertiary/aromatic N) is 1. The fourth-order valence-electron chi connectivity index (χ4n) is 2.44. The average Bonchev–Trinajstić information content (AvgIpc) is 3.04. The maximum atomic E-state index is 12.3. The number of rotatable bonds is 8. The molecule has 0 fully saturated rings. The van der Waals surface area contributed by atoms with E-state index in [1.165, 1.54) is 0 Å². The van der Waals surface area contributed by atoms with E-state index < -0.39 is 17.7 Å². The van der Waals surface area contributed by atoms with Crippen LogP contribution in [0.4, 0.5) is 0 Å². The molecular formula is C19H23BrN4O5. The third kappa shape index (κ3) is 6.24. The molecule has 0 aliphatic carbocycles. The first-order valence-electron chi connectivity index (χ1n) is 8.94. The lowest BCUT2D eigenvalue weighted by Crippen LogP contribution is -2.46. The van der Waals surface area contributed by atoms with Gasteiger partial charge >= 0.3 is 0 Å². The number of aryl methyl sites for hydroxylation is 1. The third-order valence-corrected chi connectivity index (χ3v) is 4.17. The quantitative estimate of drug-likeness (QED) is 0.513. The number of hydrazine groups is 1. The zero-order valence-corrected chi connectivity index (χ0v) is 18.0. The third-order valence-electron chi connectivity index (χ3n) is 3.73. The van der Waals surface area contributed by atoms with Crippen molar-refractivity contribution in [1.29, 1.82) is 0 Å². The van der Waals surface area contributed by atoms with Crippen LogP contribution < -0.4 is 25.6 Å². The van der Waals surface area contributed by atoms with Crippen molar-refractivity contribution in [3.63, 3.8) is 0 Å². The van der Waals surface area contributed by atoms with Gasteiger partial charge in [-0.05, 0) is 54.0 Å². The topological polar surface area (TPSA) is 111 Å². The molecule has 0 bridgehead atoms. The molecular weight excluding hydrogens is 444 g/mol. The highest BCUT2D eigenvalue weighted by Gasteiger charge is 2.14. The van der Waals surface area contributed by atoms with Gasteiger partial charge in [-0.25, -0.2) is 0 Å². The Bertz CT molecular complexity index is 897. The van der Waals surface area contributed by atoms with Crippen molar-refractivity contribution in [2.24, 2.45) is 7.05 Å². The molecule has 0 spiro atoms. The highest BCUT2D eigenvalue weighted by Crippen LogP contribution is 2.28. The van der Waals surface area contributed by atoms with Crippen LogP contribution in [0.5, 0.6) is 11.5 Å². The van der Waals surface area contributed by atoms with Crippen molar-refractivity contribution >= 4 is 33.7 Å². The predicted octanol–water partition coefficient (Wildman–Crippen LogP) is 1.78. The lowest BCUT2D eigenvalue weighted by Gasteiger charge is -2.12. The van der Waals surface area contributed by atoms with Gasteiger partial charge in [0, 0.05) is 23.3 Å². The Labute approximate surface area is 176 Å². The molecule has 0 saturated heterocycles. The maximum Gasteiger partial charge on any atom is 0.286 e. The predicted molar refractivity (Wildman–Crippen MR) is 110 cm³/mol. The highest BCUT2D eigenvalue weighted by molar-refractivity contribution is 9.10. The summed E-state index contributed by atoms with van der Waals surface area (Å²) in [5.41, 5.74) is 5.23. The molecule has 10 heteroatoms. The molecule has 0 aliphatic rings. The molecule has 0 saturated carbocycles. The second-order valence-electron chi connectivity index (χ2n) is 5.87. The molecule has 29 heavy (non-hydrogen) atoms. The van der Waals surface area contributed by atoms with Crippen molar-refractivity contribution in [3.8, 4) is 11.5 Å². The summed E-state index contributed by atoms with van der Waals surface area (Å²) >= 11 is 3.27. The lowest BCUT2D eigenvalue weighted by molar-refractivity contribution is -0.120. The summed E-state index contributed by atoms with van der Waals surface area (Å²) in [5.74, 6) is -0.519. The molecule has 156 valence electrons. The number of carbonyl (C=O) groups is 3. The molecule has 1 heterocycles. The molecule has 2 aromatic rings. The van der Waals surface area contributed by atoms with Gasteiger partial charge in [0.2, 0.25) is 0 Å². The molecule has 1 aromatic carbocycles. The summed E-state index contributed by atoms with van der Waals surface area (Å²) in [6, 6.07) is 6.39. The Hall–Kier alpha value is -3.01. The van der Waals surface area contributed by atoms with E-state index in [4.69, 9.17) is 9.47 Å². The van der Waals surface area contributed by atoms with Crippen LogP contribution in [0.2, 0.25) is 0 Å². The Kier molecular flexibility index (Phi) is 8.08. The van der Waals surface area contributed by atoms with Crippen molar-refractivity contribution in [2.45, 2.75) is 13.8 Å². The first-order chi connectivity index (χ1) is 13.8. The van der Waals surface area contributed by atoms with E-state index in [0.29, 0.717) is 36.0 Å². The van der Waals surface area contributed by atoms with Gasteiger partial charge in [0.25, 0.3) is 17.7 Å². The summed E-state index contributed by atoms with van der Waals surface area (Å²) < 4.78 is 13.3. The molecule has 3 amide bonds. The van der Waals surface area contributed by atoms with Crippen LogP contribution in [0.3, 0.4) is 0 Å². The van der Waals surface area contributed by atoms with E-state index in [0.717, 1.165) is 4.47 Å². The Morgan fingerprint density at radius 2 is 1.69 bits per heavy atom. The standard InChI is InChI=1S/C19H23BrN4O5/c1-4-28-15-7-6-12(8-16(15)29-5-2)18(26)21-10-17(25)22-23-19(27)14-9-13(20)11-24(14)3/h6-9,11H,4-5,10H2,1-3H3,(H,21,26)(H,22,25)(H,23,27). The van der Waals surface area contributed by atoms with Gasteiger partial charge in [-0.2, -0.15) is 0 Å². The molecule has 1 aromatic heterocycles. The summed E-state index contributed by atoms with van der Waals surface area (Å²) in [6.07, 6.45) is 1.71. The molecule has 0 radical (unpaired) electrons. The number of halogens is 1. The molecule has 0 aliphatic heterocycles. The van der Waals surface area contributed by atoms with Crippen LogP contribution in [0.25, 0.3) is 0 Å². The van der Waals surface area contributed by atoms with E-state index >= 15 is 0 Å². The van der Waals surface area contributed by atoms with Crippen LogP contribution >= 0.6 is 15.9 Å². The van der Waals surface area contributed by atoms with Gasteiger partial charge in [-0.1, -0.05) is 0 Å². The van der Waals surface area contributed by atoms with Crippen LogP contribution in [-0.4, -0.2) is 42.0 Å². The van der Waals surface area contributed by atoms with Crippen molar-refractivity contribution in [1.82, 2.24) is 20.7 Å². The number of amides is 3. The fraction of sp³-hybridized carbons (Fsp3) is 0.316. The van der Waals surface area contributed by atoms with E-state index in [-0.39, 0.29) is 6.54 Å². The van der Waals surface area contributed by atoms with Crippen molar-refractivity contribution in [2.75, 3.05) is 19.8 Å². The minimum atomic E-state index is -0.573. The largest absolute Gasteiger partial charge is 0.490 e. The number of carbonyl (C=O) groups excluding carboxylic acids is 3. The molecule has 0 atom stereocenters. The smallest absolute Gasteiger partial charge is 0.286 e. The lowest BCUT2D eigenvalue weighted by atomic mass is 10.2. The number of nitrogens with one attached hydrogen (secondary N) is 3. The monoisotopic (exact) mass is 466 g/mol. The second-order valence-corrected chi connectivity index (χ2v) is 6.78. The normalized spacial score (nSPS) is 10.2. The van der Waals surface area contributed by atoms with Gasteiger partial charge in [0.1, 0.15) is 5.69 Å². The van der Waals surface area contributed by atoms with E-state index in [9.17, 15) is 14.4 Å². The SMILES string of the molecule is CCOc1ccc(C(=O)NCC(=O)NNC(=O)c2cc(Br)cn2C)cc1OCC. The van der Waals surface area contributed by atoms with Crippen molar-refractivity contribution < 1.29 is 23.9 Å². The van der Waals surface area contributed by atoms with Crippen LogP contribution in [0, 0.1) is 0 Å². The first-order valence-corrected chi connectivity index (χ1v) is 9.73. The van der Waals surface area contributed by atoms with E-state index in [1.807, 2.05) is 13.8 Å². The minimum Gasteiger partial charge on any atom is -0.490 e. The Morgan fingerprint density at radius 1 is 1.00 bits per heavy atom. The Balaban J connectivity index is 1.88. The van der Waals surface area contributed by atoms with Crippen molar-refractivity contribution in [3.05, 3.63) is 46.2 Å². The van der Waals surface area contributed by atoms with Gasteiger partial charge in [-0.3, -0.25) is 25.2 Å². The molecule has 0 unspecified atom stereocenters. The molecule has 3 N–H and O–H groups in total. The van der Waals surface area contributed by atoms with E-state index in [2.05, 4.69) is 32.1 Å².